The van der Waals surface area contributed by atoms with Gasteiger partial charge < -0.3 is 33.8 Å². The number of fused-ring (bicyclic) bond motifs is 10. The number of methoxy groups -OCH3 is 1. The third kappa shape index (κ3) is 4.52. The van der Waals surface area contributed by atoms with Gasteiger partial charge in [0.15, 0.2) is 28.6 Å². The molecular formula is C40H40N4O10S. The van der Waals surface area contributed by atoms with Crippen LogP contribution in [0, 0.1) is 6.92 Å². The molecule has 1 aromatic heterocycles. The molecule has 11 rings (SSSR count). The summed E-state index contributed by atoms with van der Waals surface area (Å²) in [6.07, 6.45) is -0.343. The van der Waals surface area contributed by atoms with Gasteiger partial charge in [0.05, 0.1) is 36.2 Å². The van der Waals surface area contributed by atoms with Crippen LogP contribution in [0.25, 0.3) is 10.9 Å². The Morgan fingerprint density at radius 1 is 1.07 bits per heavy atom. The van der Waals surface area contributed by atoms with E-state index in [0.717, 1.165) is 22.2 Å². The first-order chi connectivity index (χ1) is 26.5. The number of thioether (sulfide) groups is 1. The number of carbonyl (C=O) groups is 4. The van der Waals surface area contributed by atoms with E-state index >= 15 is 0 Å². The second-order valence-corrected chi connectivity index (χ2v) is 16.5. The van der Waals surface area contributed by atoms with Gasteiger partial charge in [-0.15, -0.1) is 11.8 Å². The Morgan fingerprint density at radius 2 is 1.85 bits per heavy atom. The third-order valence-corrected chi connectivity index (χ3v) is 14.2. The number of Topliss-reactive ketones (excluding diaryl/α,β-unsaturated/α-hetero) is 2. The highest BCUT2D eigenvalue weighted by molar-refractivity contribution is 7.99. The number of rotatable bonds is 2. The summed E-state index contributed by atoms with van der Waals surface area (Å²) in [7, 11) is 3.26. The Kier molecular flexibility index (Phi) is 7.69. The van der Waals surface area contributed by atoms with Crippen LogP contribution in [0.4, 0.5) is 0 Å². The Labute approximate surface area is 320 Å². The van der Waals surface area contributed by atoms with Crippen molar-refractivity contribution in [2.75, 3.05) is 39.9 Å². The third-order valence-electron chi connectivity index (χ3n) is 12.8. The van der Waals surface area contributed by atoms with Crippen molar-refractivity contribution in [3.05, 3.63) is 74.7 Å². The highest BCUT2D eigenvalue weighted by atomic mass is 32.2. The summed E-state index contributed by atoms with van der Waals surface area (Å²) < 4.78 is 30.3. The number of H-pyrrole nitrogens is 1. The molecule has 2 fully saturated rings. The molecule has 3 aromatic rings. The summed E-state index contributed by atoms with van der Waals surface area (Å²) in [5.74, 6) is -0.372. The SMILES string of the molecule is COC1=C(C)C(=O)C2=C(C1=O)C1C3[C@@H]4SC[C@]5(NCCc6c5[nH]c5ccccc65)C(=O)OC[C@@H](c5c6c(c(C)c(OC(C)=O)c54)OCO6)N3[C@@H](O)C(C2)N1C. The number of aromatic amines is 1. The molecule has 8 heterocycles. The van der Waals surface area contributed by atoms with E-state index < -0.39 is 53.1 Å². The van der Waals surface area contributed by atoms with E-state index in [4.69, 9.17) is 23.7 Å². The molecule has 286 valence electrons. The number of hydrogen-bond donors (Lipinski definition) is 3. The first kappa shape index (κ1) is 34.8. The van der Waals surface area contributed by atoms with Crippen molar-refractivity contribution in [2.45, 2.75) is 74.8 Å². The van der Waals surface area contributed by atoms with E-state index in [-0.39, 0.29) is 48.5 Å². The largest absolute Gasteiger partial charge is 0.492 e. The van der Waals surface area contributed by atoms with Crippen LogP contribution in [-0.2, 0) is 40.6 Å². The summed E-state index contributed by atoms with van der Waals surface area (Å²) in [5.41, 5.74) is 4.09. The van der Waals surface area contributed by atoms with Gasteiger partial charge in [-0.25, -0.2) is 4.79 Å². The monoisotopic (exact) mass is 768 g/mol. The van der Waals surface area contributed by atoms with Gasteiger partial charge in [0.25, 0.3) is 0 Å². The normalized spacial score (nSPS) is 31.3. The summed E-state index contributed by atoms with van der Waals surface area (Å²) in [6.45, 7) is 4.97. The zero-order valence-corrected chi connectivity index (χ0v) is 31.8. The predicted octanol–water partition coefficient (Wildman–Crippen LogP) is 3.00. The smallest absolute Gasteiger partial charge is 0.333 e. The van der Waals surface area contributed by atoms with Gasteiger partial charge in [-0.1, -0.05) is 18.2 Å². The number of carbonyl (C=O) groups excluding carboxylic acids is 4. The fourth-order valence-electron chi connectivity index (χ4n) is 10.4. The molecule has 7 aliphatic heterocycles. The Hall–Kier alpha value is -4.67. The van der Waals surface area contributed by atoms with Crippen molar-refractivity contribution >= 4 is 46.2 Å². The maximum atomic E-state index is 14.8. The first-order valence-electron chi connectivity index (χ1n) is 18.5. The fourth-order valence-corrected chi connectivity index (χ4v) is 12.1. The van der Waals surface area contributed by atoms with E-state index in [1.54, 1.807) is 6.92 Å². The van der Waals surface area contributed by atoms with Crippen molar-refractivity contribution in [3.63, 3.8) is 0 Å². The molecule has 1 aliphatic carbocycles. The number of likely N-dealkylation sites (N-methyl/N-ethyl adjacent to an activating group) is 1. The van der Waals surface area contributed by atoms with E-state index in [9.17, 15) is 24.3 Å². The second kappa shape index (κ2) is 12.2. The first-order valence-corrected chi connectivity index (χ1v) is 19.6. The van der Waals surface area contributed by atoms with E-state index in [0.29, 0.717) is 58.1 Å². The lowest BCUT2D eigenvalue weighted by molar-refractivity contribution is -0.181. The van der Waals surface area contributed by atoms with E-state index in [1.807, 2.05) is 48.0 Å². The lowest BCUT2D eigenvalue weighted by Crippen LogP contribution is -2.73. The topological polar surface area (TPSA) is 169 Å². The van der Waals surface area contributed by atoms with Gasteiger partial charge in [0.2, 0.25) is 12.6 Å². The van der Waals surface area contributed by atoms with Crippen molar-refractivity contribution < 1.29 is 48.0 Å². The van der Waals surface area contributed by atoms with Crippen molar-refractivity contribution in [1.82, 2.24) is 20.1 Å². The lowest BCUT2D eigenvalue weighted by atomic mass is 9.70. The number of nitrogens with one attached hydrogen (secondary N) is 2. The molecule has 8 aliphatic rings. The van der Waals surface area contributed by atoms with Crippen molar-refractivity contribution in [2.24, 2.45) is 0 Å². The van der Waals surface area contributed by atoms with Gasteiger partial charge in [0, 0.05) is 69.6 Å². The average Bonchev–Trinajstić information content (AvgIpc) is 3.82. The minimum atomic E-state index is -1.30. The molecule has 3 unspecified atom stereocenters. The number of ether oxygens (including phenoxy) is 5. The molecule has 0 saturated carbocycles. The number of aromatic nitrogens is 1. The van der Waals surface area contributed by atoms with Crippen LogP contribution in [-0.4, -0.2) is 108 Å². The summed E-state index contributed by atoms with van der Waals surface area (Å²) >= 11 is 1.45. The highest BCUT2D eigenvalue weighted by Gasteiger charge is 2.63. The van der Waals surface area contributed by atoms with Crippen LogP contribution in [0.3, 0.4) is 0 Å². The van der Waals surface area contributed by atoms with Crippen molar-refractivity contribution in [1.29, 1.82) is 0 Å². The average molecular weight is 769 g/mol. The number of para-hydroxylation sites is 1. The molecule has 2 saturated heterocycles. The molecule has 14 nitrogen and oxygen atoms in total. The molecular weight excluding hydrogens is 729 g/mol. The van der Waals surface area contributed by atoms with Crippen LogP contribution in [0.1, 0.15) is 59.5 Å². The summed E-state index contributed by atoms with van der Waals surface area (Å²) in [6, 6.07) is 5.12. The zero-order valence-electron chi connectivity index (χ0n) is 30.9. The number of piperazine rings is 1. The number of hydrogen-bond acceptors (Lipinski definition) is 14. The quantitative estimate of drug-likeness (QED) is 0.198. The number of aliphatic hydroxyl groups is 1. The summed E-state index contributed by atoms with van der Waals surface area (Å²) in [4.78, 5) is 63.7. The number of nitrogens with zero attached hydrogens (tertiary/aromatic N) is 2. The molecule has 15 heteroatoms. The number of ketones is 2. The maximum Gasteiger partial charge on any atom is 0.333 e. The van der Waals surface area contributed by atoms with Gasteiger partial charge in [0.1, 0.15) is 18.6 Å². The van der Waals surface area contributed by atoms with Crippen LogP contribution < -0.4 is 19.5 Å². The second-order valence-electron chi connectivity index (χ2n) is 15.3. The molecule has 0 radical (unpaired) electrons. The zero-order chi connectivity index (χ0) is 38.2. The van der Waals surface area contributed by atoms with Crippen LogP contribution in [0.5, 0.6) is 17.2 Å². The number of benzene rings is 2. The molecule has 3 N–H and O–H groups in total. The molecule has 7 atom stereocenters. The Bertz CT molecular complexity index is 2350. The standard InChI is InChI=1S/C40H40N4O10S/c1-16-30(46)21-12-23-38(48)44-24-13-51-39(49)40(37-20(10-11-41-40)19-8-6-7-9-22(19)42-37)14-55-36(29(44)28(43(23)4)25(21)31(47)33(16)50-5)27-26(24)35-34(52-15-53-35)17(2)32(27)54-18(3)45/h6-9,23-24,28-29,36,38,41-42,48H,10-15H2,1-5H3/t23?,24-,28?,29?,36+,38-,40+/m0/s1. The molecule has 0 amide bonds. The molecule has 1 spiro atoms. The van der Waals surface area contributed by atoms with E-state index in [1.165, 1.54) is 25.8 Å². The number of aliphatic hydroxyl groups excluding tert-OH is 1. The van der Waals surface area contributed by atoms with Gasteiger partial charge in [-0.05, 0) is 45.4 Å². The van der Waals surface area contributed by atoms with Crippen LogP contribution >= 0.6 is 11.8 Å². The Morgan fingerprint density at radius 3 is 2.64 bits per heavy atom. The molecule has 55 heavy (non-hydrogen) atoms. The van der Waals surface area contributed by atoms with Crippen molar-refractivity contribution in [3.8, 4) is 17.2 Å². The minimum absolute atomic E-state index is 0.00297. The summed E-state index contributed by atoms with van der Waals surface area (Å²) in [5, 5.41) is 16.5. The predicted molar refractivity (Wildman–Crippen MR) is 198 cm³/mol. The van der Waals surface area contributed by atoms with E-state index in [2.05, 4.69) is 10.3 Å². The lowest BCUT2D eigenvalue weighted by Gasteiger charge is -2.62. The highest BCUT2D eigenvalue weighted by Crippen LogP contribution is 2.62. The number of esters is 2. The fraction of sp³-hybridized carbons (Fsp3) is 0.450. The molecule has 4 bridgehead atoms. The maximum absolute atomic E-state index is 14.8. The van der Waals surface area contributed by atoms with Crippen LogP contribution in [0.2, 0.25) is 0 Å². The molecule has 2 aromatic carbocycles. The van der Waals surface area contributed by atoms with Gasteiger partial charge in [-0.3, -0.25) is 29.5 Å². The number of allylic oxidation sites excluding steroid dienone is 2. The van der Waals surface area contributed by atoms with Gasteiger partial charge >= 0.3 is 11.9 Å². The van der Waals surface area contributed by atoms with Gasteiger partial charge in [-0.2, -0.15) is 0 Å². The van der Waals surface area contributed by atoms with Crippen LogP contribution in [0.15, 0.2) is 46.7 Å². The Balaban J connectivity index is 1.23. The minimum Gasteiger partial charge on any atom is -0.492 e.